The number of benzene rings is 1. The first-order chi connectivity index (χ1) is 15.9. The highest BCUT2D eigenvalue weighted by molar-refractivity contribution is 7.92. The van der Waals surface area contributed by atoms with Crippen LogP contribution in [0.2, 0.25) is 0 Å². The van der Waals surface area contributed by atoms with Crippen LogP contribution < -0.4 is 14.2 Å². The second kappa shape index (κ2) is 11.3. The Hall–Kier alpha value is -2.96. The molecule has 0 saturated carbocycles. The van der Waals surface area contributed by atoms with Gasteiger partial charge in [0.1, 0.15) is 30.4 Å². The number of aromatic nitrogens is 4. The van der Waals surface area contributed by atoms with Gasteiger partial charge in [0.15, 0.2) is 0 Å². The number of para-hydroxylation sites is 1. The Balaban J connectivity index is 1.92. The van der Waals surface area contributed by atoms with Crippen LogP contribution in [0.25, 0.3) is 5.78 Å². The second-order valence-corrected chi connectivity index (χ2v) is 8.55. The molecule has 0 saturated heterocycles. The number of ether oxygens (including phenoxy) is 4. The molecular weight excluding hydrogens is 450 g/mol. The van der Waals surface area contributed by atoms with Gasteiger partial charge in [0.25, 0.3) is 21.0 Å². The number of sulfonamides is 1. The molecular formula is C21H29N5O6S. The molecule has 180 valence electrons. The van der Waals surface area contributed by atoms with Crippen LogP contribution in [0.3, 0.4) is 0 Å². The van der Waals surface area contributed by atoms with Crippen molar-refractivity contribution in [1.82, 2.24) is 19.6 Å². The topological polar surface area (TPSA) is 126 Å². The highest BCUT2D eigenvalue weighted by Gasteiger charge is 2.25. The number of rotatable bonds is 13. The van der Waals surface area contributed by atoms with E-state index in [0.29, 0.717) is 49.3 Å². The maximum Gasteiger partial charge on any atom is 0.299 e. The lowest BCUT2D eigenvalue weighted by atomic mass is 10.3. The van der Waals surface area contributed by atoms with E-state index < -0.39 is 15.2 Å². The lowest BCUT2D eigenvalue weighted by Gasteiger charge is -2.17. The fourth-order valence-corrected chi connectivity index (χ4v) is 3.96. The molecule has 0 spiro atoms. The summed E-state index contributed by atoms with van der Waals surface area (Å²) in [6.07, 6.45) is 0. The zero-order valence-electron chi connectivity index (χ0n) is 19.2. The second-order valence-electron chi connectivity index (χ2n) is 6.97. The number of hydrogen-bond donors (Lipinski definition) is 1. The Morgan fingerprint density at radius 3 is 2.12 bits per heavy atom. The molecule has 12 heteroatoms. The molecule has 0 fully saturated rings. The first kappa shape index (κ1) is 24.7. The average molecular weight is 480 g/mol. The summed E-state index contributed by atoms with van der Waals surface area (Å²) in [4.78, 5) is 8.35. The number of hydrogen-bond acceptors (Lipinski definition) is 9. The minimum Gasteiger partial charge on any atom is -0.489 e. The minimum absolute atomic E-state index is 0.144. The maximum atomic E-state index is 13.2. The van der Waals surface area contributed by atoms with Crippen LogP contribution in [-0.2, 0) is 19.5 Å². The van der Waals surface area contributed by atoms with E-state index in [2.05, 4.69) is 19.8 Å². The Labute approximate surface area is 193 Å². The lowest BCUT2D eigenvalue weighted by molar-refractivity contribution is 0.108. The molecule has 0 aliphatic heterocycles. The number of nitrogens with zero attached hydrogens (tertiary/aromatic N) is 4. The molecule has 2 aromatic heterocycles. The van der Waals surface area contributed by atoms with Gasteiger partial charge in [0.05, 0.1) is 13.2 Å². The maximum absolute atomic E-state index is 13.2. The van der Waals surface area contributed by atoms with Gasteiger partial charge in [-0.1, -0.05) is 6.07 Å². The summed E-state index contributed by atoms with van der Waals surface area (Å²) in [5, 5.41) is 3.72. The molecule has 0 bridgehead atoms. The van der Waals surface area contributed by atoms with Crippen molar-refractivity contribution in [2.75, 3.05) is 44.4 Å². The van der Waals surface area contributed by atoms with Crippen LogP contribution >= 0.6 is 0 Å². The van der Waals surface area contributed by atoms with Crippen LogP contribution in [0.1, 0.15) is 25.2 Å². The molecule has 11 nitrogen and oxygen atoms in total. The summed E-state index contributed by atoms with van der Waals surface area (Å²) in [5.74, 6) is 0.782. The fourth-order valence-electron chi connectivity index (χ4n) is 3.00. The van der Waals surface area contributed by atoms with Crippen molar-refractivity contribution < 1.29 is 27.4 Å². The molecule has 0 amide bonds. The van der Waals surface area contributed by atoms with Gasteiger partial charge < -0.3 is 18.9 Å². The molecule has 3 rings (SSSR count). The van der Waals surface area contributed by atoms with Gasteiger partial charge in [-0.3, -0.25) is 4.72 Å². The lowest BCUT2D eigenvalue weighted by Crippen LogP contribution is -2.18. The molecule has 0 aliphatic rings. The highest BCUT2D eigenvalue weighted by atomic mass is 32.2. The SMILES string of the molecule is CCOCCOc1cccc(OCCOCC)c1NS(=O)(=O)c1nc2nc(C)cc(C)n2n1. The number of anilines is 1. The average Bonchev–Trinajstić information content (AvgIpc) is 3.21. The largest absolute Gasteiger partial charge is 0.489 e. The fraction of sp³-hybridized carbons (Fsp3) is 0.476. The summed E-state index contributed by atoms with van der Waals surface area (Å²) in [7, 11) is -4.18. The minimum atomic E-state index is -4.18. The van der Waals surface area contributed by atoms with Gasteiger partial charge in [-0.05, 0) is 45.9 Å². The van der Waals surface area contributed by atoms with Crippen molar-refractivity contribution in [3.8, 4) is 11.5 Å². The first-order valence-corrected chi connectivity index (χ1v) is 12.1. The van der Waals surface area contributed by atoms with E-state index >= 15 is 0 Å². The Morgan fingerprint density at radius 1 is 0.939 bits per heavy atom. The van der Waals surface area contributed by atoms with Crippen molar-refractivity contribution in [1.29, 1.82) is 0 Å². The molecule has 3 aromatic rings. The van der Waals surface area contributed by atoms with Gasteiger partial charge in [-0.2, -0.15) is 13.4 Å². The van der Waals surface area contributed by atoms with Crippen LogP contribution in [0, 0.1) is 13.8 Å². The van der Waals surface area contributed by atoms with Gasteiger partial charge >= 0.3 is 0 Å². The van der Waals surface area contributed by atoms with Crippen LogP contribution in [-0.4, -0.2) is 67.6 Å². The van der Waals surface area contributed by atoms with E-state index in [-0.39, 0.29) is 24.7 Å². The number of fused-ring (bicyclic) bond motifs is 1. The van der Waals surface area contributed by atoms with E-state index in [0.717, 1.165) is 0 Å². The molecule has 33 heavy (non-hydrogen) atoms. The van der Waals surface area contributed by atoms with E-state index in [1.807, 2.05) is 13.8 Å². The van der Waals surface area contributed by atoms with Gasteiger partial charge in [-0.15, -0.1) is 5.10 Å². The van der Waals surface area contributed by atoms with Crippen molar-refractivity contribution in [3.63, 3.8) is 0 Å². The molecule has 0 radical (unpaired) electrons. The summed E-state index contributed by atoms with van der Waals surface area (Å²) < 4.78 is 52.4. The summed E-state index contributed by atoms with van der Waals surface area (Å²) in [6, 6.07) is 6.79. The quantitative estimate of drug-likeness (QED) is 0.368. The zero-order valence-corrected chi connectivity index (χ0v) is 20.0. The van der Waals surface area contributed by atoms with Gasteiger partial charge in [0, 0.05) is 24.6 Å². The molecule has 0 aliphatic carbocycles. The summed E-state index contributed by atoms with van der Waals surface area (Å²) in [5.41, 5.74) is 1.57. The Morgan fingerprint density at radius 2 is 1.55 bits per heavy atom. The van der Waals surface area contributed by atoms with E-state index in [9.17, 15) is 8.42 Å². The molecule has 1 aromatic carbocycles. The van der Waals surface area contributed by atoms with Crippen molar-refractivity contribution >= 4 is 21.5 Å². The van der Waals surface area contributed by atoms with E-state index in [1.165, 1.54) is 4.52 Å². The standard InChI is InChI=1S/C21H29N5O6S/c1-5-29-10-12-31-17-8-7-9-18(32-13-11-30-6-2)19(17)25-33(27,28)21-23-20-22-15(3)14-16(4)26(20)24-21/h7-9,14,25H,5-6,10-13H2,1-4H3. The zero-order chi connectivity index (χ0) is 23.8. The number of nitrogens with one attached hydrogen (secondary N) is 1. The Bertz CT molecular complexity index is 1150. The highest BCUT2D eigenvalue weighted by Crippen LogP contribution is 2.36. The summed E-state index contributed by atoms with van der Waals surface area (Å²) in [6.45, 7) is 9.65. The third kappa shape index (κ3) is 6.30. The summed E-state index contributed by atoms with van der Waals surface area (Å²) >= 11 is 0. The predicted octanol–water partition coefficient (Wildman–Crippen LogP) is 2.37. The molecule has 2 heterocycles. The van der Waals surface area contributed by atoms with Crippen LogP contribution in [0.5, 0.6) is 11.5 Å². The third-order valence-electron chi connectivity index (χ3n) is 4.44. The normalized spacial score (nSPS) is 11.6. The van der Waals surface area contributed by atoms with Gasteiger partial charge in [0.2, 0.25) is 0 Å². The molecule has 1 N–H and O–H groups in total. The first-order valence-electron chi connectivity index (χ1n) is 10.6. The third-order valence-corrected chi connectivity index (χ3v) is 5.57. The van der Waals surface area contributed by atoms with Crippen LogP contribution in [0.4, 0.5) is 5.69 Å². The molecule has 0 unspecified atom stereocenters. The van der Waals surface area contributed by atoms with Crippen molar-refractivity contribution in [2.24, 2.45) is 0 Å². The molecule has 0 atom stereocenters. The smallest absolute Gasteiger partial charge is 0.299 e. The van der Waals surface area contributed by atoms with Crippen molar-refractivity contribution in [2.45, 2.75) is 32.9 Å². The van der Waals surface area contributed by atoms with Gasteiger partial charge in [-0.25, -0.2) is 9.50 Å². The van der Waals surface area contributed by atoms with E-state index in [4.69, 9.17) is 18.9 Å². The number of aryl methyl sites for hydroxylation is 2. The Kier molecular flexibility index (Phi) is 8.42. The predicted molar refractivity (Wildman–Crippen MR) is 121 cm³/mol. The van der Waals surface area contributed by atoms with E-state index in [1.54, 1.807) is 38.1 Å². The van der Waals surface area contributed by atoms with Crippen molar-refractivity contribution in [3.05, 3.63) is 35.7 Å². The van der Waals surface area contributed by atoms with Crippen LogP contribution in [0.15, 0.2) is 29.4 Å². The monoisotopic (exact) mass is 479 g/mol.